The molecule has 2 aromatic rings. The van der Waals surface area contributed by atoms with Gasteiger partial charge in [0.1, 0.15) is 13.1 Å². The summed E-state index contributed by atoms with van der Waals surface area (Å²) in [6.07, 6.45) is 16.6. The fourth-order valence-corrected chi connectivity index (χ4v) is 7.02. The topological polar surface area (TPSA) is 11.0 Å². The number of halogens is 2. The average molecular weight is 784 g/mol. The van der Waals surface area contributed by atoms with Gasteiger partial charge in [0, 0.05) is 45.0 Å². The molecule has 0 aliphatic carbocycles. The number of rotatable bonds is 13. The summed E-state index contributed by atoms with van der Waals surface area (Å²) in [7, 11) is 0. The minimum Gasteiger partial charge on any atom is -1.00 e. The lowest BCUT2D eigenvalue weighted by Gasteiger charge is -2.20. The lowest BCUT2D eigenvalue weighted by molar-refractivity contribution is -0.700. The van der Waals surface area contributed by atoms with Crippen molar-refractivity contribution in [2.75, 3.05) is 6.54 Å². The number of aromatic nitrogens is 2. The zero-order valence-electron chi connectivity index (χ0n) is 23.2. The van der Waals surface area contributed by atoms with E-state index in [4.69, 9.17) is 0 Å². The molecule has 0 saturated heterocycles. The summed E-state index contributed by atoms with van der Waals surface area (Å²) >= 11 is 5.57. The minimum absolute atomic E-state index is 0. The van der Waals surface area contributed by atoms with E-state index < -0.39 is 0 Å². The van der Waals surface area contributed by atoms with Crippen molar-refractivity contribution in [2.24, 2.45) is 0 Å². The van der Waals surface area contributed by atoms with Crippen molar-refractivity contribution in [3.8, 4) is 0 Å². The summed E-state index contributed by atoms with van der Waals surface area (Å²) in [4.78, 5) is 2.47. The largest absolute Gasteiger partial charge is 1.00 e. The molecule has 0 unspecified atom stereocenters. The van der Waals surface area contributed by atoms with Gasteiger partial charge in [-0.25, -0.2) is 0 Å². The van der Waals surface area contributed by atoms with Crippen molar-refractivity contribution < 1.29 is 57.1 Å². The van der Waals surface area contributed by atoms with Crippen LogP contribution in [0.25, 0.3) is 11.6 Å². The third-order valence-corrected chi connectivity index (χ3v) is 9.61. The van der Waals surface area contributed by atoms with Gasteiger partial charge in [-0.1, -0.05) is 74.5 Å². The monoisotopic (exact) mass is 783 g/mol. The zero-order chi connectivity index (χ0) is 25.2. The van der Waals surface area contributed by atoms with Crippen LogP contribution >= 0.6 is 34.4 Å². The quantitative estimate of drug-likeness (QED) is 0.176. The first kappa shape index (κ1) is 34.9. The van der Waals surface area contributed by atoms with Crippen LogP contribution in [0, 0.1) is 13.8 Å². The normalized spacial score (nSPS) is 14.9. The summed E-state index contributed by atoms with van der Waals surface area (Å²) in [5, 5.41) is 10.9. The molecule has 3 nitrogen and oxygen atoms in total. The molecule has 206 valence electrons. The van der Waals surface area contributed by atoms with E-state index in [1.165, 1.54) is 76.2 Å². The Morgan fingerprint density at radius 3 is 2.16 bits per heavy atom. The molecule has 0 saturated carbocycles. The van der Waals surface area contributed by atoms with Crippen LogP contribution in [0.15, 0.2) is 45.1 Å². The third kappa shape index (κ3) is 9.76. The van der Waals surface area contributed by atoms with Gasteiger partial charge in [-0.05, 0) is 37.0 Å². The zero-order valence-corrected chi connectivity index (χ0v) is 30.0. The number of hydrogen-bond donors (Lipinski definition) is 0. The van der Waals surface area contributed by atoms with Gasteiger partial charge >= 0.3 is 0 Å². The molecule has 3 rings (SSSR count). The highest BCUT2D eigenvalue weighted by atomic mass is 127. The first-order valence-electron chi connectivity index (χ1n) is 13.2. The molecule has 0 radical (unpaired) electrons. The van der Waals surface area contributed by atoms with Crippen LogP contribution in [0.5, 0.6) is 0 Å². The Morgan fingerprint density at radius 1 is 0.865 bits per heavy atom. The van der Waals surface area contributed by atoms with Gasteiger partial charge in [0.15, 0.2) is 11.4 Å². The van der Waals surface area contributed by atoms with Crippen LogP contribution in [0.3, 0.4) is 0 Å². The van der Waals surface area contributed by atoms with E-state index in [1.807, 2.05) is 34.4 Å². The number of thioether (sulfide) groups is 1. The number of nitrogens with zero attached hydrogens (tertiary/aromatic N) is 3. The molecule has 3 heterocycles. The lowest BCUT2D eigenvalue weighted by Crippen LogP contribution is -3.00. The number of thiazole rings is 2. The molecule has 1 aliphatic rings. The van der Waals surface area contributed by atoms with E-state index >= 15 is 0 Å². The highest BCUT2D eigenvalue weighted by Crippen LogP contribution is 2.35. The SMILES string of the molecule is CCCCN1C(C)=CS\C1=C/C=C(/C=C/c1scc(C)[n+]1CCCC)c1scc(C)[n+]1CCCC.[I-].[I-]. The maximum atomic E-state index is 2.51. The Morgan fingerprint density at radius 2 is 1.49 bits per heavy atom. The first-order valence-corrected chi connectivity index (χ1v) is 15.8. The van der Waals surface area contributed by atoms with Gasteiger partial charge in [0.05, 0.1) is 21.4 Å². The van der Waals surface area contributed by atoms with Gasteiger partial charge < -0.3 is 52.9 Å². The van der Waals surface area contributed by atoms with Crippen molar-refractivity contribution in [3.63, 3.8) is 0 Å². The van der Waals surface area contributed by atoms with Gasteiger partial charge in [-0.3, -0.25) is 0 Å². The fourth-order valence-electron chi connectivity index (χ4n) is 4.12. The minimum atomic E-state index is 0. The maximum absolute atomic E-state index is 2.51. The van der Waals surface area contributed by atoms with Crippen LogP contribution in [-0.4, -0.2) is 11.4 Å². The molecule has 0 bridgehead atoms. The van der Waals surface area contributed by atoms with E-state index in [9.17, 15) is 0 Å². The highest BCUT2D eigenvalue weighted by Gasteiger charge is 2.22. The average Bonchev–Trinajstić information content (AvgIpc) is 3.51. The molecule has 1 aliphatic heterocycles. The van der Waals surface area contributed by atoms with Crippen LogP contribution in [0.4, 0.5) is 0 Å². The van der Waals surface area contributed by atoms with Crippen LogP contribution in [0.2, 0.25) is 0 Å². The number of hydrogen-bond acceptors (Lipinski definition) is 4. The molecule has 37 heavy (non-hydrogen) atoms. The number of allylic oxidation sites excluding steroid dienone is 5. The standard InChI is InChI=1S/C29H43N3S3.2HI/c1-7-10-17-30-23(4)20-33-27(30)15-13-26(29-32(19-12-9-3)25(6)22-35-29)14-16-28-31(18-11-8-2)24(5)21-34-28;;/h13-16,20-22H,7-12,17-19H2,1-6H3;2*1H/q+2;;/p-2. The Balaban J connectivity index is 0.00000342. The second kappa shape index (κ2) is 18.2. The van der Waals surface area contributed by atoms with Gasteiger partial charge in [0.25, 0.3) is 10.0 Å². The second-order valence-electron chi connectivity index (χ2n) is 9.25. The third-order valence-electron chi connectivity index (χ3n) is 6.36. The van der Waals surface area contributed by atoms with E-state index in [2.05, 4.69) is 96.0 Å². The smallest absolute Gasteiger partial charge is 0.269 e. The van der Waals surface area contributed by atoms with Gasteiger partial charge in [0.2, 0.25) is 0 Å². The molecule has 8 heteroatoms. The molecule has 2 aromatic heterocycles. The highest BCUT2D eigenvalue weighted by molar-refractivity contribution is 8.06. The lowest BCUT2D eigenvalue weighted by atomic mass is 10.2. The number of aryl methyl sites for hydroxylation is 2. The Kier molecular flexibility index (Phi) is 17.2. The summed E-state index contributed by atoms with van der Waals surface area (Å²) < 4.78 is 4.98. The molecular formula is C29H43I2N3S3. The Bertz CT molecular complexity index is 1100. The van der Waals surface area contributed by atoms with E-state index in [0.29, 0.717) is 0 Å². The van der Waals surface area contributed by atoms with Crippen molar-refractivity contribution in [1.82, 2.24) is 4.90 Å². The molecule has 0 atom stereocenters. The van der Waals surface area contributed by atoms with Crippen LogP contribution < -0.4 is 57.1 Å². The van der Waals surface area contributed by atoms with Gasteiger partial charge in [-0.2, -0.15) is 9.13 Å². The predicted octanol–water partition coefficient (Wildman–Crippen LogP) is 2.26. The van der Waals surface area contributed by atoms with Crippen molar-refractivity contribution in [3.05, 3.63) is 66.5 Å². The van der Waals surface area contributed by atoms with Crippen molar-refractivity contribution in [1.29, 1.82) is 0 Å². The first-order chi connectivity index (χ1) is 17.0. The van der Waals surface area contributed by atoms with Crippen molar-refractivity contribution in [2.45, 2.75) is 93.2 Å². The molecule has 0 spiro atoms. The Hall–Kier alpha value is -0.170. The molecule has 0 N–H and O–H groups in total. The molecular weight excluding hydrogens is 740 g/mol. The Labute approximate surface area is 271 Å². The van der Waals surface area contributed by atoms with Crippen LogP contribution in [0.1, 0.15) is 87.6 Å². The molecule has 0 aromatic carbocycles. The van der Waals surface area contributed by atoms with Crippen molar-refractivity contribution >= 4 is 46.1 Å². The number of unbranched alkanes of at least 4 members (excludes halogenated alkanes) is 3. The molecule has 0 fully saturated rings. The second-order valence-corrected chi connectivity index (χ2v) is 11.9. The summed E-state index contributed by atoms with van der Waals surface area (Å²) in [6, 6.07) is 0. The summed E-state index contributed by atoms with van der Waals surface area (Å²) in [6.45, 7) is 16.8. The van der Waals surface area contributed by atoms with Gasteiger partial charge in [-0.15, -0.1) is 0 Å². The summed E-state index contributed by atoms with van der Waals surface area (Å²) in [5.74, 6) is 0. The van der Waals surface area contributed by atoms with E-state index in [1.54, 1.807) is 0 Å². The predicted molar refractivity (Wildman–Crippen MR) is 156 cm³/mol. The van der Waals surface area contributed by atoms with E-state index in [0.717, 1.165) is 19.6 Å². The van der Waals surface area contributed by atoms with E-state index in [-0.39, 0.29) is 48.0 Å². The fraction of sp³-hybridized carbons (Fsp3) is 0.517. The van der Waals surface area contributed by atoms with Crippen LogP contribution in [-0.2, 0) is 13.1 Å². The summed E-state index contributed by atoms with van der Waals surface area (Å²) in [5.41, 5.74) is 5.36. The maximum Gasteiger partial charge on any atom is 0.269 e. The molecule has 0 amide bonds.